The third-order valence-corrected chi connectivity index (χ3v) is 6.75. The summed E-state index contributed by atoms with van der Waals surface area (Å²) in [5.41, 5.74) is -1.49. The number of aryl methyl sites for hydroxylation is 1. The summed E-state index contributed by atoms with van der Waals surface area (Å²) in [6.07, 6.45) is 2.39. The molecule has 32 heavy (non-hydrogen) atoms. The van der Waals surface area contributed by atoms with E-state index in [1.807, 2.05) is 12.1 Å². The van der Waals surface area contributed by atoms with Gasteiger partial charge in [-0.25, -0.2) is 14.2 Å². The van der Waals surface area contributed by atoms with E-state index in [-0.39, 0.29) is 43.1 Å². The van der Waals surface area contributed by atoms with Gasteiger partial charge in [-0.05, 0) is 55.7 Å². The second kappa shape index (κ2) is 8.83. The van der Waals surface area contributed by atoms with Gasteiger partial charge in [-0.2, -0.15) is 0 Å². The standard InChI is InChI=1S/C23H28ClFN4O3/c1-15-8-10-23(25,11-9-15)21-26-19-18(29(21)14-16-4-6-17(24)7-5-16)20(31)28(12-3-13-30)22(32)27(19)2/h4-7,15,30H,3,8-14H2,1-2H3. The van der Waals surface area contributed by atoms with E-state index in [0.29, 0.717) is 23.8 Å². The average molecular weight is 463 g/mol. The second-order valence-electron chi connectivity index (χ2n) is 8.84. The summed E-state index contributed by atoms with van der Waals surface area (Å²) in [5.74, 6) is 0.634. The predicted molar refractivity (Wildman–Crippen MR) is 122 cm³/mol. The molecule has 9 heteroatoms. The lowest BCUT2D eigenvalue weighted by atomic mass is 9.80. The van der Waals surface area contributed by atoms with E-state index in [1.165, 1.54) is 11.6 Å². The van der Waals surface area contributed by atoms with Crippen LogP contribution in [0, 0.1) is 5.92 Å². The highest BCUT2D eigenvalue weighted by molar-refractivity contribution is 6.30. The minimum absolute atomic E-state index is 0.0810. The SMILES string of the molecule is CC1CCC(F)(c2nc3c(c(=O)n(CCCO)c(=O)n3C)n2Cc2ccc(Cl)cc2)CC1. The molecule has 0 amide bonds. The first-order chi connectivity index (χ1) is 15.2. The maximum Gasteiger partial charge on any atom is 0.332 e. The van der Waals surface area contributed by atoms with Crippen LogP contribution in [-0.4, -0.2) is 30.4 Å². The highest BCUT2D eigenvalue weighted by Crippen LogP contribution is 2.43. The number of nitrogens with zero attached hydrogens (tertiary/aromatic N) is 4. The second-order valence-corrected chi connectivity index (χ2v) is 9.28. The fourth-order valence-corrected chi connectivity index (χ4v) is 4.64. The Morgan fingerprint density at radius 1 is 1.19 bits per heavy atom. The van der Waals surface area contributed by atoms with Gasteiger partial charge in [0.1, 0.15) is 5.82 Å². The third-order valence-electron chi connectivity index (χ3n) is 6.49. The van der Waals surface area contributed by atoms with E-state index in [2.05, 4.69) is 11.9 Å². The van der Waals surface area contributed by atoms with Crippen molar-refractivity contribution >= 4 is 22.8 Å². The van der Waals surface area contributed by atoms with Crippen LogP contribution in [0.5, 0.6) is 0 Å². The number of hydrogen-bond acceptors (Lipinski definition) is 4. The Kier molecular flexibility index (Phi) is 6.27. The Labute approximate surface area is 190 Å². The molecule has 0 radical (unpaired) electrons. The van der Waals surface area contributed by atoms with Gasteiger partial charge in [0.15, 0.2) is 16.8 Å². The monoisotopic (exact) mass is 462 g/mol. The molecule has 4 rings (SSSR count). The van der Waals surface area contributed by atoms with E-state index in [1.54, 1.807) is 16.7 Å². The summed E-state index contributed by atoms with van der Waals surface area (Å²) in [6, 6.07) is 7.16. The number of rotatable bonds is 6. The minimum Gasteiger partial charge on any atom is -0.396 e. The molecule has 1 fully saturated rings. The topological polar surface area (TPSA) is 82.1 Å². The predicted octanol–water partition coefficient (Wildman–Crippen LogP) is 3.36. The van der Waals surface area contributed by atoms with Crippen molar-refractivity contribution in [2.45, 2.75) is 57.8 Å². The van der Waals surface area contributed by atoms with Crippen molar-refractivity contribution in [1.29, 1.82) is 0 Å². The summed E-state index contributed by atoms with van der Waals surface area (Å²) in [4.78, 5) is 30.8. The van der Waals surface area contributed by atoms with Crippen LogP contribution in [-0.2, 0) is 25.8 Å². The van der Waals surface area contributed by atoms with Crippen molar-refractivity contribution in [2.75, 3.05) is 6.61 Å². The zero-order valence-corrected chi connectivity index (χ0v) is 19.1. The zero-order chi connectivity index (χ0) is 23.0. The maximum absolute atomic E-state index is 16.3. The van der Waals surface area contributed by atoms with Crippen molar-refractivity contribution in [3.05, 3.63) is 61.5 Å². The normalized spacial score (nSPS) is 21.3. The van der Waals surface area contributed by atoms with Gasteiger partial charge < -0.3 is 9.67 Å². The molecule has 0 saturated heterocycles. The van der Waals surface area contributed by atoms with Crippen molar-refractivity contribution in [2.24, 2.45) is 13.0 Å². The Morgan fingerprint density at radius 3 is 2.47 bits per heavy atom. The van der Waals surface area contributed by atoms with Crippen LogP contribution in [0.25, 0.3) is 11.2 Å². The van der Waals surface area contributed by atoms with Crippen LogP contribution in [0.4, 0.5) is 4.39 Å². The molecule has 1 aliphatic carbocycles. The number of benzene rings is 1. The molecule has 172 valence electrons. The van der Waals surface area contributed by atoms with E-state index in [9.17, 15) is 14.7 Å². The first-order valence-electron chi connectivity index (χ1n) is 11.0. The van der Waals surface area contributed by atoms with Crippen LogP contribution in [0.15, 0.2) is 33.9 Å². The van der Waals surface area contributed by atoms with Crippen molar-refractivity contribution < 1.29 is 9.50 Å². The Balaban J connectivity index is 1.96. The van der Waals surface area contributed by atoms with E-state index >= 15 is 4.39 Å². The lowest BCUT2D eigenvalue weighted by Crippen LogP contribution is -2.40. The summed E-state index contributed by atoms with van der Waals surface area (Å²) in [6.45, 7) is 2.28. The summed E-state index contributed by atoms with van der Waals surface area (Å²) in [5, 5.41) is 9.78. The molecule has 1 aromatic carbocycles. The molecule has 3 aromatic rings. The largest absolute Gasteiger partial charge is 0.396 e. The molecular weight excluding hydrogens is 435 g/mol. The number of halogens is 2. The zero-order valence-electron chi connectivity index (χ0n) is 18.4. The molecule has 0 unspecified atom stereocenters. The molecule has 0 bridgehead atoms. The van der Waals surface area contributed by atoms with Gasteiger partial charge in [0.05, 0.1) is 0 Å². The molecular formula is C23H28ClFN4O3. The Hall–Kier alpha value is -2.45. The number of aromatic nitrogens is 4. The third kappa shape index (κ3) is 4.01. The highest BCUT2D eigenvalue weighted by Gasteiger charge is 2.41. The van der Waals surface area contributed by atoms with E-state index in [4.69, 9.17) is 11.6 Å². The van der Waals surface area contributed by atoms with Crippen LogP contribution < -0.4 is 11.2 Å². The van der Waals surface area contributed by atoms with Crippen molar-refractivity contribution in [3.8, 4) is 0 Å². The van der Waals surface area contributed by atoms with E-state index < -0.39 is 16.9 Å². The fraction of sp³-hybridized carbons (Fsp3) is 0.522. The molecule has 1 saturated carbocycles. The van der Waals surface area contributed by atoms with Gasteiger partial charge in [0.25, 0.3) is 5.56 Å². The number of imidazole rings is 1. The summed E-state index contributed by atoms with van der Waals surface area (Å²) in [7, 11) is 1.54. The van der Waals surface area contributed by atoms with Gasteiger partial charge in [0, 0.05) is 31.8 Å². The number of aliphatic hydroxyl groups is 1. The van der Waals surface area contributed by atoms with Crippen molar-refractivity contribution in [3.63, 3.8) is 0 Å². The van der Waals surface area contributed by atoms with Gasteiger partial charge in [-0.3, -0.25) is 13.9 Å². The van der Waals surface area contributed by atoms with Gasteiger partial charge in [-0.15, -0.1) is 0 Å². The molecule has 0 atom stereocenters. The Morgan fingerprint density at radius 2 is 1.84 bits per heavy atom. The molecule has 0 spiro atoms. The van der Waals surface area contributed by atoms with Crippen LogP contribution in [0.3, 0.4) is 0 Å². The first kappa shape index (κ1) is 22.7. The smallest absolute Gasteiger partial charge is 0.332 e. The molecule has 1 N–H and O–H groups in total. The molecule has 0 aliphatic heterocycles. The van der Waals surface area contributed by atoms with Gasteiger partial charge in [0.2, 0.25) is 0 Å². The average Bonchev–Trinajstić information content (AvgIpc) is 3.16. The molecule has 2 aromatic heterocycles. The molecule has 1 aliphatic rings. The highest BCUT2D eigenvalue weighted by atomic mass is 35.5. The van der Waals surface area contributed by atoms with Gasteiger partial charge in [-0.1, -0.05) is 30.7 Å². The summed E-state index contributed by atoms with van der Waals surface area (Å²) < 4.78 is 20.3. The number of hydrogen-bond donors (Lipinski definition) is 1. The number of aliphatic hydroxyl groups excluding tert-OH is 1. The number of alkyl halides is 1. The summed E-state index contributed by atoms with van der Waals surface area (Å²) >= 11 is 6.02. The fourth-order valence-electron chi connectivity index (χ4n) is 4.51. The quantitative estimate of drug-likeness (QED) is 0.609. The van der Waals surface area contributed by atoms with Crippen LogP contribution in [0.1, 0.15) is 50.4 Å². The van der Waals surface area contributed by atoms with Crippen LogP contribution in [0.2, 0.25) is 5.02 Å². The molecule has 7 nitrogen and oxygen atoms in total. The van der Waals surface area contributed by atoms with Crippen LogP contribution >= 0.6 is 11.6 Å². The van der Waals surface area contributed by atoms with Crippen molar-refractivity contribution in [1.82, 2.24) is 18.7 Å². The van der Waals surface area contributed by atoms with Gasteiger partial charge >= 0.3 is 5.69 Å². The molecule has 2 heterocycles. The van der Waals surface area contributed by atoms with E-state index in [0.717, 1.165) is 23.0 Å². The number of fused-ring (bicyclic) bond motifs is 1. The Bertz CT molecular complexity index is 1240. The first-order valence-corrected chi connectivity index (χ1v) is 11.4. The lowest BCUT2D eigenvalue weighted by molar-refractivity contribution is 0.0731. The maximum atomic E-state index is 16.3. The minimum atomic E-state index is -1.67. The lowest BCUT2D eigenvalue weighted by Gasteiger charge is -2.32.